The summed E-state index contributed by atoms with van der Waals surface area (Å²) < 4.78 is 13.6. The Hall–Kier alpha value is -1.43. The molecule has 0 saturated carbocycles. The zero-order chi connectivity index (χ0) is 12.4. The molecular formula is C11H18FN5. The van der Waals surface area contributed by atoms with Crippen molar-refractivity contribution in [1.82, 2.24) is 14.9 Å². The molecule has 1 aliphatic rings. The zero-order valence-corrected chi connectivity index (χ0v) is 10.2. The van der Waals surface area contributed by atoms with E-state index >= 15 is 0 Å². The van der Waals surface area contributed by atoms with E-state index in [9.17, 15) is 4.39 Å². The van der Waals surface area contributed by atoms with Crippen LogP contribution in [-0.2, 0) is 0 Å². The van der Waals surface area contributed by atoms with Crippen molar-refractivity contribution in [2.75, 3.05) is 37.8 Å². The summed E-state index contributed by atoms with van der Waals surface area (Å²) in [5.74, 6) is -0.00569. The lowest BCUT2D eigenvalue weighted by molar-refractivity contribution is 0.252. The molecule has 0 unspecified atom stereocenters. The Morgan fingerprint density at radius 3 is 2.76 bits per heavy atom. The first kappa shape index (κ1) is 12.0. The van der Waals surface area contributed by atoms with Crippen molar-refractivity contribution in [3.8, 4) is 0 Å². The summed E-state index contributed by atoms with van der Waals surface area (Å²) in [5.41, 5.74) is 5.49. The van der Waals surface area contributed by atoms with Crippen molar-refractivity contribution in [3.63, 3.8) is 0 Å². The van der Waals surface area contributed by atoms with Gasteiger partial charge < -0.3 is 15.5 Å². The Morgan fingerprint density at radius 2 is 2.12 bits per heavy atom. The first-order chi connectivity index (χ1) is 8.08. The molecule has 0 atom stereocenters. The molecule has 5 nitrogen and oxygen atoms in total. The van der Waals surface area contributed by atoms with Crippen LogP contribution in [0.3, 0.4) is 0 Å². The summed E-state index contributed by atoms with van der Waals surface area (Å²) in [6, 6.07) is 0.315. The number of piperidine rings is 1. The van der Waals surface area contributed by atoms with E-state index in [-0.39, 0.29) is 5.95 Å². The van der Waals surface area contributed by atoms with Crippen LogP contribution in [-0.4, -0.2) is 48.1 Å². The fourth-order valence-electron chi connectivity index (χ4n) is 2.17. The van der Waals surface area contributed by atoms with Crippen molar-refractivity contribution in [1.29, 1.82) is 0 Å². The topological polar surface area (TPSA) is 58.3 Å². The minimum atomic E-state index is -0.416. The molecule has 1 aromatic rings. The van der Waals surface area contributed by atoms with Crippen LogP contribution in [0.25, 0.3) is 0 Å². The van der Waals surface area contributed by atoms with E-state index in [4.69, 9.17) is 5.73 Å². The van der Waals surface area contributed by atoms with Crippen LogP contribution in [0.2, 0.25) is 0 Å². The molecule has 0 bridgehead atoms. The molecule has 0 radical (unpaired) electrons. The lowest BCUT2D eigenvalue weighted by atomic mass is 10.0. The van der Waals surface area contributed by atoms with Gasteiger partial charge in [-0.05, 0) is 33.0 Å². The van der Waals surface area contributed by atoms with Gasteiger partial charge in [-0.25, -0.2) is 9.37 Å². The fourth-order valence-corrected chi connectivity index (χ4v) is 2.17. The molecule has 0 spiro atoms. The van der Waals surface area contributed by atoms with Crippen molar-refractivity contribution in [2.24, 2.45) is 0 Å². The Balaban J connectivity index is 2.13. The Morgan fingerprint density at radius 1 is 1.47 bits per heavy atom. The average molecular weight is 239 g/mol. The van der Waals surface area contributed by atoms with Crippen LogP contribution in [0.4, 0.5) is 16.2 Å². The van der Waals surface area contributed by atoms with Crippen molar-refractivity contribution in [3.05, 3.63) is 12.0 Å². The molecule has 2 N–H and O–H groups in total. The first-order valence-corrected chi connectivity index (χ1v) is 5.77. The highest BCUT2D eigenvalue weighted by Crippen LogP contribution is 2.22. The van der Waals surface area contributed by atoms with Crippen molar-refractivity contribution >= 4 is 11.8 Å². The fraction of sp³-hybridized carbons (Fsp3) is 0.636. The lowest BCUT2D eigenvalue weighted by Crippen LogP contribution is -2.42. The van der Waals surface area contributed by atoms with E-state index in [1.165, 1.54) is 0 Å². The molecular weight excluding hydrogens is 221 g/mol. The predicted molar refractivity (Wildman–Crippen MR) is 65.3 cm³/mol. The van der Waals surface area contributed by atoms with Gasteiger partial charge in [-0.3, -0.25) is 0 Å². The van der Waals surface area contributed by atoms with Crippen LogP contribution in [0.15, 0.2) is 6.20 Å². The van der Waals surface area contributed by atoms with E-state index in [1.54, 1.807) is 0 Å². The van der Waals surface area contributed by atoms with Gasteiger partial charge in [0.2, 0.25) is 5.95 Å². The van der Waals surface area contributed by atoms with Crippen LogP contribution in [0.5, 0.6) is 0 Å². The molecule has 1 saturated heterocycles. The molecule has 6 heteroatoms. The summed E-state index contributed by atoms with van der Waals surface area (Å²) in [7, 11) is 3.96. The highest BCUT2D eigenvalue weighted by molar-refractivity contribution is 5.42. The smallest absolute Gasteiger partial charge is 0.222 e. The van der Waals surface area contributed by atoms with E-state index < -0.39 is 5.82 Å². The molecule has 0 aromatic carbocycles. The van der Waals surface area contributed by atoms with Crippen molar-refractivity contribution < 1.29 is 4.39 Å². The number of nitrogens with two attached hydrogens (primary N) is 1. The molecule has 17 heavy (non-hydrogen) atoms. The number of rotatable bonds is 2. The highest BCUT2D eigenvalue weighted by atomic mass is 19.1. The van der Waals surface area contributed by atoms with Gasteiger partial charge in [0.15, 0.2) is 11.6 Å². The zero-order valence-electron chi connectivity index (χ0n) is 10.2. The summed E-state index contributed by atoms with van der Waals surface area (Å²) in [6.07, 6.45) is 3.15. The summed E-state index contributed by atoms with van der Waals surface area (Å²) >= 11 is 0. The van der Waals surface area contributed by atoms with E-state index in [2.05, 4.69) is 21.9 Å². The predicted octanol–water partition coefficient (Wildman–Crippen LogP) is 0.728. The molecule has 2 rings (SSSR count). The molecule has 1 fully saturated rings. The van der Waals surface area contributed by atoms with Gasteiger partial charge >= 0.3 is 0 Å². The summed E-state index contributed by atoms with van der Waals surface area (Å²) in [5, 5.41) is 0. The van der Waals surface area contributed by atoms with Crippen molar-refractivity contribution in [2.45, 2.75) is 18.9 Å². The van der Waals surface area contributed by atoms with E-state index in [0.717, 1.165) is 32.1 Å². The van der Waals surface area contributed by atoms with Gasteiger partial charge in [-0.15, -0.1) is 0 Å². The Labute approximate surface area is 100 Å². The van der Waals surface area contributed by atoms with E-state index in [1.807, 2.05) is 11.9 Å². The third kappa shape index (κ3) is 2.63. The number of anilines is 2. The normalized spacial score (nSPS) is 18.3. The number of aromatic nitrogens is 2. The minimum Gasteiger partial charge on any atom is -0.368 e. The number of nitrogen functional groups attached to an aromatic ring is 1. The van der Waals surface area contributed by atoms with Gasteiger partial charge in [0, 0.05) is 13.1 Å². The summed E-state index contributed by atoms with van der Waals surface area (Å²) in [6.45, 7) is 2.05. The quantitative estimate of drug-likeness (QED) is 0.824. The van der Waals surface area contributed by atoms with Gasteiger partial charge in [-0.1, -0.05) is 0 Å². The number of hydrogen-bond acceptors (Lipinski definition) is 5. The SMILES string of the molecule is CN1CCC(N(C)c2nc(N)ncc2F)CC1. The average Bonchev–Trinajstić information content (AvgIpc) is 2.32. The van der Waals surface area contributed by atoms with E-state index in [0.29, 0.717) is 11.9 Å². The number of hydrogen-bond donors (Lipinski definition) is 1. The molecule has 0 amide bonds. The highest BCUT2D eigenvalue weighted by Gasteiger charge is 2.23. The largest absolute Gasteiger partial charge is 0.368 e. The van der Waals surface area contributed by atoms with Gasteiger partial charge in [0.05, 0.1) is 6.20 Å². The molecule has 94 valence electrons. The van der Waals surface area contributed by atoms with Crippen LogP contribution >= 0.6 is 0 Å². The van der Waals surface area contributed by atoms with Gasteiger partial charge in [-0.2, -0.15) is 4.98 Å². The molecule has 0 aliphatic carbocycles. The van der Waals surface area contributed by atoms with Crippen LogP contribution in [0.1, 0.15) is 12.8 Å². The lowest BCUT2D eigenvalue weighted by Gasteiger charge is -2.35. The standard InChI is InChI=1S/C11H18FN5/c1-16-5-3-8(4-6-16)17(2)10-9(12)7-14-11(13)15-10/h7-8H,3-6H2,1-2H3,(H2,13,14,15). The maximum absolute atomic E-state index is 13.6. The minimum absolute atomic E-state index is 0.112. The second kappa shape index (κ2) is 4.83. The van der Waals surface area contributed by atoms with Gasteiger partial charge in [0.25, 0.3) is 0 Å². The number of halogens is 1. The first-order valence-electron chi connectivity index (χ1n) is 5.77. The maximum atomic E-state index is 13.6. The third-order valence-corrected chi connectivity index (χ3v) is 3.31. The Kier molecular flexibility index (Phi) is 3.42. The third-order valence-electron chi connectivity index (χ3n) is 3.31. The molecule has 2 heterocycles. The second-order valence-electron chi connectivity index (χ2n) is 4.55. The van der Waals surface area contributed by atoms with Crippen LogP contribution in [0, 0.1) is 5.82 Å². The Bertz CT molecular complexity index is 389. The molecule has 1 aliphatic heterocycles. The van der Waals surface area contributed by atoms with Gasteiger partial charge in [0.1, 0.15) is 0 Å². The van der Waals surface area contributed by atoms with Crippen LogP contribution < -0.4 is 10.6 Å². The maximum Gasteiger partial charge on any atom is 0.222 e. The monoisotopic (exact) mass is 239 g/mol. The number of nitrogens with zero attached hydrogens (tertiary/aromatic N) is 4. The summed E-state index contributed by atoms with van der Waals surface area (Å²) in [4.78, 5) is 11.8. The number of likely N-dealkylation sites (tertiary alicyclic amines) is 1. The second-order valence-corrected chi connectivity index (χ2v) is 4.55. The molecule has 1 aromatic heterocycles.